The molecule has 0 spiro atoms. The third-order valence-electron chi connectivity index (χ3n) is 14.0. The molecular weight excluding hydrogens is 957 g/mol. The quantitative estimate of drug-likeness (QED) is 0.0172. The van der Waals surface area contributed by atoms with Gasteiger partial charge in [0.15, 0.2) is 12.6 Å². The van der Waals surface area contributed by atoms with Gasteiger partial charge in [-0.05, 0) is 57.8 Å². The first-order valence-electron chi connectivity index (χ1n) is 29.9. The zero-order valence-electron chi connectivity index (χ0n) is 46.8. The van der Waals surface area contributed by atoms with Crippen molar-refractivity contribution in [3.8, 4) is 0 Å². The molecule has 2 aliphatic heterocycles. The molecule has 14 heteroatoms. The van der Waals surface area contributed by atoms with Crippen molar-refractivity contribution in [3.63, 3.8) is 0 Å². The molecule has 0 aromatic heterocycles. The van der Waals surface area contributed by atoms with Gasteiger partial charge in [-0.2, -0.15) is 0 Å². The second-order valence-electron chi connectivity index (χ2n) is 20.8. The van der Waals surface area contributed by atoms with E-state index in [2.05, 4.69) is 74.6 Å². The fourth-order valence-corrected chi connectivity index (χ4v) is 9.25. The number of unbranched alkanes of at least 4 members (excludes halogenated alkanes) is 24. The number of ether oxygens (including phenoxy) is 6. The molecule has 0 amide bonds. The Labute approximate surface area is 454 Å². The minimum absolute atomic E-state index is 0.0600. The summed E-state index contributed by atoms with van der Waals surface area (Å²) in [7, 11) is 0. The van der Waals surface area contributed by atoms with Gasteiger partial charge >= 0.3 is 5.97 Å². The third-order valence-corrected chi connectivity index (χ3v) is 14.0. The summed E-state index contributed by atoms with van der Waals surface area (Å²) in [5, 5.41) is 72.4. The maximum atomic E-state index is 13.1. The normalized spacial score (nSPS) is 25.0. The molecule has 2 saturated heterocycles. The summed E-state index contributed by atoms with van der Waals surface area (Å²) < 4.78 is 34.4. The monoisotopic (exact) mass is 1060 g/mol. The van der Waals surface area contributed by atoms with Crippen LogP contribution in [0.4, 0.5) is 0 Å². The molecule has 14 nitrogen and oxygen atoms in total. The lowest BCUT2D eigenvalue weighted by Gasteiger charge is -2.42. The van der Waals surface area contributed by atoms with E-state index in [-0.39, 0.29) is 25.6 Å². The molecule has 75 heavy (non-hydrogen) atoms. The van der Waals surface area contributed by atoms with Gasteiger partial charge < -0.3 is 64.2 Å². The molecule has 0 aromatic rings. The van der Waals surface area contributed by atoms with Gasteiger partial charge in [-0.25, -0.2) is 0 Å². The Bertz CT molecular complexity index is 1470. The van der Waals surface area contributed by atoms with Crippen LogP contribution in [0.1, 0.15) is 219 Å². The van der Waals surface area contributed by atoms with Gasteiger partial charge in [0.05, 0.1) is 26.4 Å². The Balaban J connectivity index is 1.69. The van der Waals surface area contributed by atoms with Gasteiger partial charge in [0.1, 0.15) is 54.9 Å². The van der Waals surface area contributed by atoms with Gasteiger partial charge in [0.2, 0.25) is 0 Å². The molecule has 2 heterocycles. The summed E-state index contributed by atoms with van der Waals surface area (Å²) >= 11 is 0. The van der Waals surface area contributed by atoms with Crippen molar-refractivity contribution in [3.05, 3.63) is 60.8 Å². The van der Waals surface area contributed by atoms with Gasteiger partial charge in [-0.1, -0.05) is 216 Å². The van der Waals surface area contributed by atoms with E-state index in [0.29, 0.717) is 13.0 Å². The fraction of sp³-hybridized carbons (Fsp3) is 0.820. The first kappa shape index (κ1) is 68.8. The Morgan fingerprint density at radius 3 is 1.36 bits per heavy atom. The smallest absolute Gasteiger partial charge is 0.306 e. The van der Waals surface area contributed by atoms with Crippen molar-refractivity contribution in [2.24, 2.45) is 0 Å². The highest BCUT2D eigenvalue weighted by molar-refractivity contribution is 5.69. The predicted octanol–water partition coefficient (Wildman–Crippen LogP) is 10.9. The first-order valence-corrected chi connectivity index (χ1v) is 29.9. The minimum Gasteiger partial charge on any atom is -0.457 e. The number of carbonyl (C=O) groups excluding carboxylic acids is 1. The summed E-state index contributed by atoms with van der Waals surface area (Å²) in [6.07, 6.45) is 42.7. The number of esters is 1. The van der Waals surface area contributed by atoms with Crippen LogP contribution >= 0.6 is 0 Å². The molecule has 2 rings (SSSR count). The number of hydrogen-bond acceptors (Lipinski definition) is 14. The van der Waals surface area contributed by atoms with Crippen LogP contribution in [-0.4, -0.2) is 142 Å². The summed E-state index contributed by atoms with van der Waals surface area (Å²) in [6.45, 7) is 3.60. The third kappa shape index (κ3) is 34.3. The molecule has 0 aromatic carbocycles. The molecule has 7 N–H and O–H groups in total. The predicted molar refractivity (Wildman–Crippen MR) is 298 cm³/mol. The number of aliphatic hydroxyl groups excluding tert-OH is 7. The van der Waals surface area contributed by atoms with Crippen LogP contribution in [0.2, 0.25) is 0 Å². The van der Waals surface area contributed by atoms with Crippen molar-refractivity contribution in [2.75, 3.05) is 33.0 Å². The molecular formula is C61H108O14. The molecule has 436 valence electrons. The molecule has 2 aliphatic rings. The lowest BCUT2D eigenvalue weighted by molar-refractivity contribution is -0.332. The highest BCUT2D eigenvalue weighted by Gasteiger charge is 2.47. The molecule has 0 radical (unpaired) electrons. The van der Waals surface area contributed by atoms with E-state index in [0.717, 1.165) is 77.0 Å². The van der Waals surface area contributed by atoms with Gasteiger partial charge in [0, 0.05) is 13.0 Å². The topological polar surface area (TPSA) is 214 Å². The zero-order valence-corrected chi connectivity index (χ0v) is 46.8. The van der Waals surface area contributed by atoms with Crippen molar-refractivity contribution in [2.45, 2.75) is 287 Å². The van der Waals surface area contributed by atoms with E-state index in [9.17, 15) is 40.5 Å². The van der Waals surface area contributed by atoms with Gasteiger partial charge in [-0.3, -0.25) is 4.79 Å². The largest absolute Gasteiger partial charge is 0.457 e. The standard InChI is InChI=1S/C61H108O14/c1-3-5-7-9-11-13-15-17-19-21-22-23-24-25-26-27-28-29-30-32-34-36-38-40-42-44-53(63)73-50(47-70-45-43-41-39-37-35-33-31-20-18-16-14-12-10-8-6-4-2)48-71-60-59(69)57(67)55(65)52(75-60)49-72-61-58(68)56(66)54(64)51(46-62)74-61/h5,7,11,13,17,19,22-23,25-26,50-52,54-62,64-69H,3-4,6,8-10,12,14-16,18,20-21,24,27-49H2,1-2H3/b7-5-,13-11-,19-17-,23-22-,26-25-. The lowest BCUT2D eigenvalue weighted by atomic mass is 9.98. The summed E-state index contributed by atoms with van der Waals surface area (Å²) in [5.41, 5.74) is 0. The average molecular weight is 1070 g/mol. The van der Waals surface area contributed by atoms with Crippen LogP contribution in [0.5, 0.6) is 0 Å². The van der Waals surface area contributed by atoms with Crippen molar-refractivity contribution < 1.29 is 69.0 Å². The maximum absolute atomic E-state index is 13.1. The van der Waals surface area contributed by atoms with Crippen LogP contribution in [0.3, 0.4) is 0 Å². The van der Waals surface area contributed by atoms with Crippen LogP contribution in [-0.2, 0) is 33.2 Å². The Morgan fingerprint density at radius 2 is 0.867 bits per heavy atom. The average Bonchev–Trinajstić information content (AvgIpc) is 3.41. The highest BCUT2D eigenvalue weighted by atomic mass is 16.7. The van der Waals surface area contributed by atoms with Crippen molar-refractivity contribution in [1.82, 2.24) is 0 Å². The van der Waals surface area contributed by atoms with E-state index in [1.807, 2.05) is 0 Å². The zero-order chi connectivity index (χ0) is 54.4. The van der Waals surface area contributed by atoms with Gasteiger partial charge in [-0.15, -0.1) is 0 Å². The number of hydrogen-bond donors (Lipinski definition) is 7. The molecule has 0 aliphatic carbocycles. The molecule has 0 bridgehead atoms. The Kier molecular flexibility index (Phi) is 43.7. The van der Waals surface area contributed by atoms with Crippen molar-refractivity contribution >= 4 is 5.97 Å². The van der Waals surface area contributed by atoms with Crippen LogP contribution in [0.25, 0.3) is 0 Å². The highest BCUT2D eigenvalue weighted by Crippen LogP contribution is 2.27. The second kappa shape index (κ2) is 47.7. The van der Waals surface area contributed by atoms with E-state index >= 15 is 0 Å². The van der Waals surface area contributed by atoms with Crippen LogP contribution < -0.4 is 0 Å². The van der Waals surface area contributed by atoms with E-state index < -0.39 is 80.7 Å². The maximum Gasteiger partial charge on any atom is 0.306 e. The van der Waals surface area contributed by atoms with Gasteiger partial charge in [0.25, 0.3) is 0 Å². The minimum atomic E-state index is -1.71. The fourth-order valence-electron chi connectivity index (χ4n) is 9.25. The number of aliphatic hydroxyl groups is 7. The molecule has 11 unspecified atom stereocenters. The Hall–Kier alpha value is -2.31. The SMILES string of the molecule is CC/C=C\C/C=C\C/C=C\C/C=C\C/C=C\CCCCCCCCCCCC(=O)OC(COCCCCCCCCCCCCCCCCCC)COC1OC(COC2OC(CO)C(O)C(O)C2O)C(O)C(O)C1O. The van der Waals surface area contributed by atoms with Crippen LogP contribution in [0, 0.1) is 0 Å². The van der Waals surface area contributed by atoms with E-state index in [1.54, 1.807) is 0 Å². The molecule has 2 fully saturated rings. The second-order valence-corrected chi connectivity index (χ2v) is 20.8. The van der Waals surface area contributed by atoms with Crippen molar-refractivity contribution in [1.29, 1.82) is 0 Å². The number of allylic oxidation sites excluding steroid dienone is 10. The first-order chi connectivity index (χ1) is 36.6. The summed E-state index contributed by atoms with van der Waals surface area (Å²) in [5.74, 6) is -0.381. The lowest BCUT2D eigenvalue weighted by Crippen LogP contribution is -2.61. The number of carbonyl (C=O) groups is 1. The number of rotatable bonds is 48. The summed E-state index contributed by atoms with van der Waals surface area (Å²) in [6, 6.07) is 0. The van der Waals surface area contributed by atoms with E-state index in [4.69, 9.17) is 28.4 Å². The molecule has 0 saturated carbocycles. The summed E-state index contributed by atoms with van der Waals surface area (Å²) in [4.78, 5) is 13.1. The molecule has 11 atom stereocenters. The Morgan fingerprint density at radius 1 is 0.453 bits per heavy atom. The van der Waals surface area contributed by atoms with Crippen LogP contribution in [0.15, 0.2) is 60.8 Å². The van der Waals surface area contributed by atoms with E-state index in [1.165, 1.54) is 116 Å².